The maximum Gasteiger partial charge on any atom is 0.129 e. The van der Waals surface area contributed by atoms with Gasteiger partial charge in [0, 0.05) is 18.1 Å². The first-order valence-electron chi connectivity index (χ1n) is 6.49. The molecule has 1 aliphatic rings. The van der Waals surface area contributed by atoms with Crippen LogP contribution in [0.4, 0.5) is 0 Å². The predicted octanol–water partition coefficient (Wildman–Crippen LogP) is 2.96. The number of hydrogen-bond acceptors (Lipinski definition) is 4. The number of phenolic OH excluding ortho intramolecular Hbond substituents is 1. The molecule has 0 saturated heterocycles. The van der Waals surface area contributed by atoms with Gasteiger partial charge in [0.1, 0.15) is 23.4 Å². The number of aliphatic hydroxyl groups is 1. The highest BCUT2D eigenvalue weighted by atomic mass is 16.5. The molecule has 0 amide bonds. The van der Waals surface area contributed by atoms with Crippen molar-refractivity contribution < 1.29 is 19.7 Å². The lowest BCUT2D eigenvalue weighted by Gasteiger charge is -2.30. The lowest BCUT2D eigenvalue weighted by molar-refractivity contribution is 0.0655. The SMILES string of the molecule is COc1ccc2c(c1)OC(c1ccc(O)cc1)C[C@@H]2O. The van der Waals surface area contributed by atoms with Crippen molar-refractivity contribution in [1.29, 1.82) is 0 Å². The number of fused-ring (bicyclic) bond motifs is 1. The van der Waals surface area contributed by atoms with E-state index in [0.29, 0.717) is 17.9 Å². The topological polar surface area (TPSA) is 58.9 Å². The first-order valence-corrected chi connectivity index (χ1v) is 6.49. The van der Waals surface area contributed by atoms with Gasteiger partial charge in [0.05, 0.1) is 13.2 Å². The van der Waals surface area contributed by atoms with Crippen LogP contribution >= 0.6 is 0 Å². The number of aromatic hydroxyl groups is 1. The summed E-state index contributed by atoms with van der Waals surface area (Å²) in [5.74, 6) is 1.55. The number of rotatable bonds is 2. The quantitative estimate of drug-likeness (QED) is 0.882. The lowest BCUT2D eigenvalue weighted by atomic mass is 9.95. The van der Waals surface area contributed by atoms with E-state index in [2.05, 4.69) is 0 Å². The summed E-state index contributed by atoms with van der Waals surface area (Å²) < 4.78 is 11.1. The summed E-state index contributed by atoms with van der Waals surface area (Å²) in [6.07, 6.45) is -0.307. The highest BCUT2D eigenvalue weighted by molar-refractivity contribution is 5.44. The Morgan fingerprint density at radius 3 is 2.60 bits per heavy atom. The van der Waals surface area contributed by atoms with Crippen LogP contribution in [0.3, 0.4) is 0 Å². The lowest BCUT2D eigenvalue weighted by Crippen LogP contribution is -2.19. The van der Waals surface area contributed by atoms with Crippen molar-refractivity contribution in [1.82, 2.24) is 0 Å². The Morgan fingerprint density at radius 2 is 1.90 bits per heavy atom. The first-order chi connectivity index (χ1) is 9.67. The van der Waals surface area contributed by atoms with E-state index in [9.17, 15) is 10.2 Å². The summed E-state index contributed by atoms with van der Waals surface area (Å²) in [6, 6.07) is 12.3. The maximum atomic E-state index is 10.2. The minimum absolute atomic E-state index is 0.215. The van der Waals surface area contributed by atoms with Crippen LogP contribution in [0.15, 0.2) is 42.5 Å². The Bertz CT molecular complexity index is 606. The second kappa shape index (κ2) is 5.06. The average molecular weight is 272 g/mol. The van der Waals surface area contributed by atoms with Crippen molar-refractivity contribution in [2.75, 3.05) is 7.11 Å². The molecule has 1 heterocycles. The van der Waals surface area contributed by atoms with Crippen LogP contribution in [0.1, 0.15) is 29.8 Å². The second-order valence-corrected chi connectivity index (χ2v) is 4.85. The molecule has 2 atom stereocenters. The Labute approximate surface area is 117 Å². The van der Waals surface area contributed by atoms with Crippen LogP contribution in [0.25, 0.3) is 0 Å². The number of aliphatic hydroxyl groups excluding tert-OH is 1. The van der Waals surface area contributed by atoms with Crippen LogP contribution in [0.5, 0.6) is 17.2 Å². The molecule has 104 valence electrons. The molecule has 4 heteroatoms. The Balaban J connectivity index is 1.92. The number of ether oxygens (including phenoxy) is 2. The predicted molar refractivity (Wildman–Crippen MR) is 74.0 cm³/mol. The van der Waals surface area contributed by atoms with E-state index in [-0.39, 0.29) is 11.9 Å². The van der Waals surface area contributed by atoms with Crippen molar-refractivity contribution >= 4 is 0 Å². The van der Waals surface area contributed by atoms with E-state index >= 15 is 0 Å². The van der Waals surface area contributed by atoms with Crippen LogP contribution in [-0.2, 0) is 0 Å². The molecular formula is C16H16O4. The summed E-state index contributed by atoms with van der Waals surface area (Å²) in [7, 11) is 1.60. The Morgan fingerprint density at radius 1 is 1.15 bits per heavy atom. The maximum absolute atomic E-state index is 10.2. The van der Waals surface area contributed by atoms with E-state index in [1.807, 2.05) is 12.1 Å². The van der Waals surface area contributed by atoms with E-state index in [1.54, 1.807) is 37.4 Å². The molecule has 4 nitrogen and oxygen atoms in total. The fourth-order valence-electron chi connectivity index (χ4n) is 2.44. The molecule has 0 radical (unpaired) electrons. The minimum atomic E-state index is -0.566. The number of phenols is 1. The minimum Gasteiger partial charge on any atom is -0.508 e. The molecule has 0 aromatic heterocycles. The van der Waals surface area contributed by atoms with Crippen LogP contribution in [0.2, 0.25) is 0 Å². The normalized spacial score (nSPS) is 20.9. The number of methoxy groups -OCH3 is 1. The van der Waals surface area contributed by atoms with Gasteiger partial charge in [0.15, 0.2) is 0 Å². The van der Waals surface area contributed by atoms with E-state index < -0.39 is 6.10 Å². The van der Waals surface area contributed by atoms with Crippen LogP contribution in [0, 0.1) is 0 Å². The van der Waals surface area contributed by atoms with Gasteiger partial charge in [-0.25, -0.2) is 0 Å². The highest BCUT2D eigenvalue weighted by Gasteiger charge is 2.28. The molecule has 0 aliphatic carbocycles. The molecule has 0 saturated carbocycles. The fraction of sp³-hybridized carbons (Fsp3) is 0.250. The number of benzene rings is 2. The van der Waals surface area contributed by atoms with Gasteiger partial charge in [-0.05, 0) is 29.8 Å². The van der Waals surface area contributed by atoms with E-state index in [0.717, 1.165) is 11.1 Å². The molecular weight excluding hydrogens is 256 g/mol. The van der Waals surface area contributed by atoms with Gasteiger partial charge in [-0.15, -0.1) is 0 Å². The zero-order valence-corrected chi connectivity index (χ0v) is 11.1. The fourth-order valence-corrected chi connectivity index (χ4v) is 2.44. The van der Waals surface area contributed by atoms with Gasteiger partial charge in [-0.2, -0.15) is 0 Å². The van der Waals surface area contributed by atoms with Crippen molar-refractivity contribution in [3.63, 3.8) is 0 Å². The standard InChI is InChI=1S/C16H16O4/c1-19-12-6-7-13-14(18)9-15(20-16(13)8-12)10-2-4-11(17)5-3-10/h2-8,14-15,17-18H,9H2,1H3/t14-,15?/m0/s1. The third kappa shape index (κ3) is 2.30. The van der Waals surface area contributed by atoms with Crippen molar-refractivity contribution in [2.45, 2.75) is 18.6 Å². The van der Waals surface area contributed by atoms with Gasteiger partial charge in [0.25, 0.3) is 0 Å². The van der Waals surface area contributed by atoms with Gasteiger partial charge in [-0.1, -0.05) is 12.1 Å². The monoisotopic (exact) mass is 272 g/mol. The van der Waals surface area contributed by atoms with Gasteiger partial charge < -0.3 is 19.7 Å². The molecule has 2 aromatic rings. The second-order valence-electron chi connectivity index (χ2n) is 4.85. The highest BCUT2D eigenvalue weighted by Crippen LogP contribution is 2.42. The molecule has 0 bridgehead atoms. The van der Waals surface area contributed by atoms with Gasteiger partial charge >= 0.3 is 0 Å². The molecule has 0 fully saturated rings. The molecule has 2 aromatic carbocycles. The smallest absolute Gasteiger partial charge is 0.129 e. The summed E-state index contributed by atoms with van der Waals surface area (Å²) in [6.45, 7) is 0. The summed E-state index contributed by atoms with van der Waals surface area (Å²) in [5.41, 5.74) is 1.70. The molecule has 20 heavy (non-hydrogen) atoms. The van der Waals surface area contributed by atoms with Gasteiger partial charge in [-0.3, -0.25) is 0 Å². The Hall–Kier alpha value is -2.20. The summed E-state index contributed by atoms with van der Waals surface area (Å²) in [4.78, 5) is 0. The van der Waals surface area contributed by atoms with Crippen molar-refractivity contribution in [3.8, 4) is 17.2 Å². The van der Waals surface area contributed by atoms with E-state index in [4.69, 9.17) is 9.47 Å². The molecule has 3 rings (SSSR count). The largest absolute Gasteiger partial charge is 0.508 e. The molecule has 2 N–H and O–H groups in total. The zero-order valence-electron chi connectivity index (χ0n) is 11.1. The third-order valence-corrected chi connectivity index (χ3v) is 3.55. The van der Waals surface area contributed by atoms with Gasteiger partial charge in [0.2, 0.25) is 0 Å². The van der Waals surface area contributed by atoms with Crippen LogP contribution < -0.4 is 9.47 Å². The third-order valence-electron chi connectivity index (χ3n) is 3.55. The zero-order chi connectivity index (χ0) is 14.1. The van der Waals surface area contributed by atoms with E-state index in [1.165, 1.54) is 0 Å². The van der Waals surface area contributed by atoms with Crippen molar-refractivity contribution in [3.05, 3.63) is 53.6 Å². The molecule has 1 aliphatic heterocycles. The van der Waals surface area contributed by atoms with Crippen LogP contribution in [-0.4, -0.2) is 17.3 Å². The Kier molecular flexibility index (Phi) is 3.24. The molecule has 1 unspecified atom stereocenters. The number of hydrogen-bond donors (Lipinski definition) is 2. The average Bonchev–Trinajstić information content (AvgIpc) is 2.47. The summed E-state index contributed by atoms with van der Waals surface area (Å²) in [5, 5.41) is 19.6. The van der Waals surface area contributed by atoms with Crippen molar-refractivity contribution in [2.24, 2.45) is 0 Å². The molecule has 0 spiro atoms. The first kappa shape index (κ1) is 12.8. The summed E-state index contributed by atoms with van der Waals surface area (Å²) >= 11 is 0.